The van der Waals surface area contributed by atoms with Crippen molar-refractivity contribution >= 4 is 17.4 Å². The molecule has 4 nitrogen and oxygen atoms in total. The van der Waals surface area contributed by atoms with E-state index in [0.29, 0.717) is 6.54 Å². The SMILES string of the molecule is CN1C=NCC1S(=O)O. The molecular formula is C4H8N2O2S. The van der Waals surface area contributed by atoms with E-state index < -0.39 is 11.1 Å². The normalized spacial score (nSPS) is 29.1. The standard InChI is InChI=1S/C4H8N2O2S/c1-6-3-5-2-4(6)9(7)8/h3-4H,2H2,1H3,(H,7,8). The summed E-state index contributed by atoms with van der Waals surface area (Å²) in [5, 5.41) is -0.329. The van der Waals surface area contributed by atoms with Crippen LogP contribution in [0.4, 0.5) is 0 Å². The van der Waals surface area contributed by atoms with Gasteiger partial charge < -0.3 is 9.45 Å². The Morgan fingerprint density at radius 3 is 2.89 bits per heavy atom. The van der Waals surface area contributed by atoms with Crippen molar-refractivity contribution in [2.45, 2.75) is 5.37 Å². The van der Waals surface area contributed by atoms with Crippen LogP contribution in [0, 0.1) is 0 Å². The fraction of sp³-hybridized carbons (Fsp3) is 0.750. The topological polar surface area (TPSA) is 52.9 Å². The molecule has 5 heteroatoms. The van der Waals surface area contributed by atoms with Gasteiger partial charge in [0.05, 0.1) is 12.9 Å². The molecule has 0 saturated heterocycles. The van der Waals surface area contributed by atoms with Crippen LogP contribution in [0.1, 0.15) is 0 Å². The van der Waals surface area contributed by atoms with E-state index in [9.17, 15) is 4.21 Å². The van der Waals surface area contributed by atoms with Gasteiger partial charge in [-0.3, -0.25) is 4.99 Å². The fourth-order valence-electron chi connectivity index (χ4n) is 0.675. The predicted molar refractivity (Wildman–Crippen MR) is 35.7 cm³/mol. The predicted octanol–water partition coefficient (Wildman–Crippen LogP) is -0.492. The van der Waals surface area contributed by atoms with Crippen molar-refractivity contribution in [1.29, 1.82) is 0 Å². The van der Waals surface area contributed by atoms with E-state index in [-0.39, 0.29) is 5.37 Å². The second-order valence-electron chi connectivity index (χ2n) is 1.88. The zero-order valence-electron chi connectivity index (χ0n) is 5.02. The molecule has 1 aliphatic heterocycles. The quantitative estimate of drug-likeness (QED) is 0.510. The Morgan fingerprint density at radius 1 is 2.00 bits per heavy atom. The lowest BCUT2D eigenvalue weighted by molar-refractivity contribution is 0.466. The van der Waals surface area contributed by atoms with Gasteiger partial charge in [0.25, 0.3) is 0 Å². The Kier molecular flexibility index (Phi) is 1.82. The fourth-order valence-corrected chi connectivity index (χ4v) is 1.23. The monoisotopic (exact) mass is 148 g/mol. The van der Waals surface area contributed by atoms with Crippen molar-refractivity contribution in [1.82, 2.24) is 4.90 Å². The summed E-state index contributed by atoms with van der Waals surface area (Å²) in [7, 11) is 1.73. The van der Waals surface area contributed by atoms with Crippen LogP contribution in [0.2, 0.25) is 0 Å². The minimum atomic E-state index is -1.77. The Labute approximate surface area is 55.9 Å². The highest BCUT2D eigenvalue weighted by molar-refractivity contribution is 7.79. The zero-order chi connectivity index (χ0) is 6.85. The van der Waals surface area contributed by atoms with Crippen molar-refractivity contribution in [2.75, 3.05) is 13.6 Å². The lowest BCUT2D eigenvalue weighted by atomic mass is 10.6. The molecule has 1 rings (SSSR count). The summed E-state index contributed by atoms with van der Waals surface area (Å²) in [6.07, 6.45) is 1.57. The number of likely N-dealkylation sites (N-methyl/N-ethyl adjacent to an activating group) is 1. The molecule has 0 radical (unpaired) electrons. The van der Waals surface area contributed by atoms with Gasteiger partial charge in [-0.25, -0.2) is 4.21 Å². The first kappa shape index (κ1) is 6.70. The van der Waals surface area contributed by atoms with Crippen LogP contribution in [0.3, 0.4) is 0 Å². The summed E-state index contributed by atoms with van der Waals surface area (Å²) in [6.45, 7) is 0.430. The molecular weight excluding hydrogens is 140 g/mol. The van der Waals surface area contributed by atoms with E-state index in [2.05, 4.69) is 4.99 Å². The van der Waals surface area contributed by atoms with Crippen LogP contribution >= 0.6 is 0 Å². The van der Waals surface area contributed by atoms with Gasteiger partial charge >= 0.3 is 0 Å². The van der Waals surface area contributed by atoms with E-state index in [1.165, 1.54) is 0 Å². The highest BCUT2D eigenvalue weighted by atomic mass is 32.2. The molecule has 0 aliphatic carbocycles. The van der Waals surface area contributed by atoms with E-state index in [4.69, 9.17) is 4.55 Å². The molecule has 0 saturated carbocycles. The molecule has 0 aromatic heterocycles. The van der Waals surface area contributed by atoms with Crippen LogP contribution in [-0.2, 0) is 11.1 Å². The van der Waals surface area contributed by atoms with Crippen molar-refractivity contribution in [2.24, 2.45) is 4.99 Å². The second-order valence-corrected chi connectivity index (χ2v) is 2.97. The molecule has 0 amide bonds. The Hall–Kier alpha value is -0.420. The molecule has 9 heavy (non-hydrogen) atoms. The smallest absolute Gasteiger partial charge is 0.178 e. The highest BCUT2D eigenvalue weighted by Gasteiger charge is 2.21. The lowest BCUT2D eigenvalue weighted by Crippen LogP contribution is -2.31. The molecule has 1 N–H and O–H groups in total. The number of aliphatic imine (C=N–C) groups is 1. The van der Waals surface area contributed by atoms with Gasteiger partial charge in [-0.15, -0.1) is 0 Å². The third kappa shape index (κ3) is 1.28. The van der Waals surface area contributed by atoms with Gasteiger partial charge in [0.15, 0.2) is 16.5 Å². The van der Waals surface area contributed by atoms with Crippen molar-refractivity contribution < 1.29 is 8.76 Å². The Morgan fingerprint density at radius 2 is 2.67 bits per heavy atom. The summed E-state index contributed by atoms with van der Waals surface area (Å²) in [4.78, 5) is 5.45. The molecule has 52 valence electrons. The molecule has 0 bridgehead atoms. The summed E-state index contributed by atoms with van der Waals surface area (Å²) < 4.78 is 19.0. The van der Waals surface area contributed by atoms with Crippen molar-refractivity contribution in [3.63, 3.8) is 0 Å². The van der Waals surface area contributed by atoms with Gasteiger partial charge in [-0.1, -0.05) is 0 Å². The highest BCUT2D eigenvalue weighted by Crippen LogP contribution is 2.03. The summed E-state index contributed by atoms with van der Waals surface area (Å²) in [5.74, 6) is 0. The molecule has 0 aromatic carbocycles. The van der Waals surface area contributed by atoms with Gasteiger partial charge in [0, 0.05) is 7.05 Å². The maximum atomic E-state index is 10.4. The first-order valence-corrected chi connectivity index (χ1v) is 3.70. The molecule has 0 aromatic rings. The minimum absolute atomic E-state index is 0.329. The van der Waals surface area contributed by atoms with Gasteiger partial charge in [0.2, 0.25) is 0 Å². The van der Waals surface area contributed by atoms with Crippen LogP contribution < -0.4 is 0 Å². The second kappa shape index (κ2) is 2.45. The number of rotatable bonds is 1. The van der Waals surface area contributed by atoms with E-state index >= 15 is 0 Å². The Balaban J connectivity index is 2.55. The minimum Gasteiger partial charge on any atom is -0.348 e. The third-order valence-corrected chi connectivity index (χ3v) is 2.16. The van der Waals surface area contributed by atoms with E-state index in [1.54, 1.807) is 18.3 Å². The van der Waals surface area contributed by atoms with E-state index in [1.807, 2.05) is 0 Å². The summed E-state index contributed by atoms with van der Waals surface area (Å²) >= 11 is -1.77. The van der Waals surface area contributed by atoms with Gasteiger partial charge in [-0.05, 0) is 0 Å². The number of hydrogen-bond donors (Lipinski definition) is 1. The van der Waals surface area contributed by atoms with Crippen LogP contribution in [0.15, 0.2) is 4.99 Å². The summed E-state index contributed by atoms with van der Waals surface area (Å²) in [6, 6.07) is 0. The van der Waals surface area contributed by atoms with Crippen molar-refractivity contribution in [3.8, 4) is 0 Å². The molecule has 2 unspecified atom stereocenters. The van der Waals surface area contributed by atoms with E-state index in [0.717, 1.165) is 0 Å². The molecule has 1 heterocycles. The van der Waals surface area contributed by atoms with Crippen LogP contribution in [-0.4, -0.2) is 39.0 Å². The van der Waals surface area contributed by atoms with Crippen LogP contribution in [0.5, 0.6) is 0 Å². The molecule has 0 spiro atoms. The molecule has 2 atom stereocenters. The number of nitrogens with zero attached hydrogens (tertiary/aromatic N) is 2. The average molecular weight is 148 g/mol. The van der Waals surface area contributed by atoms with Crippen molar-refractivity contribution in [3.05, 3.63) is 0 Å². The maximum absolute atomic E-state index is 10.4. The van der Waals surface area contributed by atoms with Gasteiger partial charge in [-0.2, -0.15) is 0 Å². The summed E-state index contributed by atoms with van der Waals surface area (Å²) in [5.41, 5.74) is 0. The van der Waals surface area contributed by atoms with Crippen LogP contribution in [0.25, 0.3) is 0 Å². The molecule has 1 aliphatic rings. The maximum Gasteiger partial charge on any atom is 0.178 e. The zero-order valence-corrected chi connectivity index (χ0v) is 5.84. The lowest BCUT2D eigenvalue weighted by Gasteiger charge is -2.13. The van der Waals surface area contributed by atoms with Gasteiger partial charge in [0.1, 0.15) is 0 Å². The third-order valence-electron chi connectivity index (χ3n) is 1.21. The Bertz CT molecular complexity index is 159. The first-order chi connectivity index (χ1) is 4.22. The molecule has 0 fully saturated rings. The largest absolute Gasteiger partial charge is 0.348 e. The average Bonchev–Trinajstić information content (AvgIpc) is 2.13. The number of hydrogen-bond acceptors (Lipinski definition) is 3. The first-order valence-electron chi connectivity index (χ1n) is 2.53.